The lowest BCUT2D eigenvalue weighted by atomic mass is 9.70. The van der Waals surface area contributed by atoms with E-state index < -0.39 is 0 Å². The number of hydrogen-bond donors (Lipinski definition) is 0. The SMILES string of the molecule is [Al][c]1cccc2c1C1(c3ccccc3-2)c2ccccc2-c2c1ccc1c2sc2ccccc21. The van der Waals surface area contributed by atoms with Gasteiger partial charge in [0.05, 0.1) is 5.41 Å². The summed E-state index contributed by atoms with van der Waals surface area (Å²) in [7, 11) is 0. The molecule has 2 aliphatic carbocycles. The standard InChI is InChI=1S/C31H17S.Al/c1-5-13-24-19(9-1)20-10-2-6-14-25(20)31(24)26-15-7-3-12-23(26)29-27(31)18-17-22-21-11-4-8-16-28(21)32-30(22)29;/h1-13,15-18H;. The van der Waals surface area contributed by atoms with Crippen LogP contribution in [0, 0.1) is 0 Å². The van der Waals surface area contributed by atoms with Crippen LogP contribution in [0.1, 0.15) is 22.3 Å². The van der Waals surface area contributed by atoms with E-state index in [0.717, 1.165) is 0 Å². The molecule has 150 valence electrons. The molecule has 0 N–H and O–H groups in total. The molecule has 2 heteroatoms. The summed E-state index contributed by atoms with van der Waals surface area (Å²) in [5.41, 5.74) is 10.9. The van der Waals surface area contributed by atoms with Crippen LogP contribution in [0.2, 0.25) is 0 Å². The van der Waals surface area contributed by atoms with Crippen molar-refractivity contribution in [3.63, 3.8) is 0 Å². The van der Waals surface area contributed by atoms with E-state index >= 15 is 0 Å². The predicted octanol–water partition coefficient (Wildman–Crippen LogP) is 7.19. The molecule has 5 aromatic carbocycles. The summed E-state index contributed by atoms with van der Waals surface area (Å²) in [6, 6.07) is 38.5. The van der Waals surface area contributed by atoms with Gasteiger partial charge in [0.15, 0.2) is 16.3 Å². The molecular formula is C31H17AlS. The molecule has 0 fully saturated rings. The smallest absolute Gasteiger partial charge is 0.135 e. The Hall–Kier alpha value is -3.15. The molecule has 1 atom stereocenters. The summed E-state index contributed by atoms with van der Waals surface area (Å²) in [5, 5.41) is 2.73. The average Bonchev–Trinajstić information content (AvgIpc) is 3.48. The van der Waals surface area contributed by atoms with Crippen LogP contribution >= 0.6 is 11.3 Å². The molecule has 8 rings (SSSR count). The van der Waals surface area contributed by atoms with Crippen LogP contribution in [-0.4, -0.2) is 16.3 Å². The zero-order valence-electron chi connectivity index (χ0n) is 17.8. The zero-order chi connectivity index (χ0) is 21.7. The minimum absolute atomic E-state index is 0.277. The maximum absolute atomic E-state index is 3.04. The van der Waals surface area contributed by atoms with Crippen LogP contribution in [0.3, 0.4) is 0 Å². The van der Waals surface area contributed by atoms with E-state index in [2.05, 4.69) is 119 Å². The first kappa shape index (κ1) is 18.3. The Morgan fingerprint density at radius 1 is 0.545 bits per heavy atom. The highest BCUT2D eigenvalue weighted by Gasteiger charge is 2.52. The van der Waals surface area contributed by atoms with E-state index in [0.29, 0.717) is 0 Å². The van der Waals surface area contributed by atoms with Gasteiger partial charge in [0.25, 0.3) is 0 Å². The second-order valence-electron chi connectivity index (χ2n) is 9.07. The summed E-state index contributed by atoms with van der Waals surface area (Å²) in [6.45, 7) is 0. The second-order valence-corrected chi connectivity index (χ2v) is 10.7. The number of rotatable bonds is 0. The fourth-order valence-corrected chi connectivity index (χ4v) is 8.24. The van der Waals surface area contributed by atoms with Crippen LogP contribution < -0.4 is 4.43 Å². The van der Waals surface area contributed by atoms with E-state index in [-0.39, 0.29) is 5.41 Å². The van der Waals surface area contributed by atoms with Crippen molar-refractivity contribution in [3.05, 3.63) is 125 Å². The van der Waals surface area contributed by atoms with Crippen molar-refractivity contribution in [1.29, 1.82) is 0 Å². The van der Waals surface area contributed by atoms with Crippen molar-refractivity contribution in [2.75, 3.05) is 0 Å². The molecule has 1 aromatic heterocycles. The summed E-state index contributed by atoms with van der Waals surface area (Å²) in [5.74, 6) is 0. The highest BCUT2D eigenvalue weighted by molar-refractivity contribution is 7.26. The molecule has 0 aliphatic heterocycles. The van der Waals surface area contributed by atoms with Gasteiger partial charge < -0.3 is 0 Å². The normalized spacial score (nSPS) is 17.3. The van der Waals surface area contributed by atoms with Crippen molar-refractivity contribution < 1.29 is 0 Å². The Labute approximate surface area is 204 Å². The van der Waals surface area contributed by atoms with Crippen molar-refractivity contribution in [2.45, 2.75) is 5.41 Å². The van der Waals surface area contributed by atoms with Crippen LogP contribution in [-0.2, 0) is 5.41 Å². The first-order chi connectivity index (χ1) is 16.3. The first-order valence-electron chi connectivity index (χ1n) is 11.3. The molecule has 2 radical (unpaired) electrons. The third-order valence-electron chi connectivity index (χ3n) is 7.64. The first-order valence-corrected chi connectivity index (χ1v) is 12.7. The van der Waals surface area contributed by atoms with Gasteiger partial charge >= 0.3 is 0 Å². The van der Waals surface area contributed by atoms with Crippen molar-refractivity contribution >= 4 is 52.2 Å². The molecule has 0 bridgehead atoms. The van der Waals surface area contributed by atoms with Gasteiger partial charge in [0.2, 0.25) is 0 Å². The van der Waals surface area contributed by atoms with Gasteiger partial charge in [0, 0.05) is 25.7 Å². The Kier molecular flexibility index (Phi) is 3.46. The van der Waals surface area contributed by atoms with Crippen LogP contribution in [0.5, 0.6) is 0 Å². The second kappa shape index (κ2) is 6.25. The molecular weight excluding hydrogens is 431 g/mol. The molecule has 1 heterocycles. The third-order valence-corrected chi connectivity index (χ3v) is 9.33. The lowest BCUT2D eigenvalue weighted by Crippen LogP contribution is -2.31. The average molecular weight is 449 g/mol. The zero-order valence-corrected chi connectivity index (χ0v) is 19.8. The molecule has 0 nitrogen and oxygen atoms in total. The molecule has 0 saturated carbocycles. The Bertz CT molecular complexity index is 1790. The van der Waals surface area contributed by atoms with Gasteiger partial charge in [-0.3, -0.25) is 0 Å². The van der Waals surface area contributed by atoms with E-state index in [4.69, 9.17) is 0 Å². The van der Waals surface area contributed by atoms with Crippen LogP contribution in [0.4, 0.5) is 0 Å². The van der Waals surface area contributed by atoms with Gasteiger partial charge in [-0.25, -0.2) is 0 Å². The fourth-order valence-electron chi connectivity index (χ4n) is 6.49. The van der Waals surface area contributed by atoms with Crippen molar-refractivity contribution in [3.8, 4) is 22.3 Å². The molecule has 0 saturated heterocycles. The summed E-state index contributed by atoms with van der Waals surface area (Å²) in [6.07, 6.45) is 0. The summed E-state index contributed by atoms with van der Waals surface area (Å²) < 4.78 is 4.05. The predicted molar refractivity (Wildman–Crippen MR) is 141 cm³/mol. The maximum Gasteiger partial charge on any atom is 0.176 e. The Morgan fingerprint density at radius 3 is 2.12 bits per heavy atom. The van der Waals surface area contributed by atoms with Crippen molar-refractivity contribution in [2.24, 2.45) is 0 Å². The quantitative estimate of drug-likeness (QED) is 0.215. The minimum Gasteiger partial charge on any atom is -0.135 e. The molecule has 33 heavy (non-hydrogen) atoms. The number of thiophene rings is 1. The van der Waals surface area contributed by atoms with E-state index in [1.165, 1.54) is 69.1 Å². The molecule has 1 spiro atoms. The molecule has 2 aliphatic rings. The lowest BCUT2D eigenvalue weighted by molar-refractivity contribution is 0.800. The number of hydrogen-bond acceptors (Lipinski definition) is 1. The number of fused-ring (bicyclic) bond motifs is 14. The monoisotopic (exact) mass is 448 g/mol. The van der Waals surface area contributed by atoms with E-state index in [1.807, 2.05) is 11.3 Å². The Morgan fingerprint density at radius 2 is 1.24 bits per heavy atom. The molecule has 1 unspecified atom stereocenters. The van der Waals surface area contributed by atoms with Crippen LogP contribution in [0.25, 0.3) is 42.4 Å². The number of benzene rings is 5. The van der Waals surface area contributed by atoms with E-state index in [9.17, 15) is 0 Å². The minimum atomic E-state index is -0.277. The summed E-state index contributed by atoms with van der Waals surface area (Å²) >= 11 is 4.97. The highest BCUT2D eigenvalue weighted by atomic mass is 32.1. The highest BCUT2D eigenvalue weighted by Crippen LogP contribution is 2.63. The Balaban J connectivity index is 1.64. The topological polar surface area (TPSA) is 0 Å². The van der Waals surface area contributed by atoms with Gasteiger partial charge in [-0.15, -0.1) is 15.8 Å². The largest absolute Gasteiger partial charge is 0.176 e. The maximum atomic E-state index is 3.04. The molecule has 6 aromatic rings. The summed E-state index contributed by atoms with van der Waals surface area (Å²) in [4.78, 5) is 0. The van der Waals surface area contributed by atoms with E-state index in [1.54, 1.807) is 0 Å². The van der Waals surface area contributed by atoms with Gasteiger partial charge in [-0.1, -0.05) is 97.1 Å². The van der Waals surface area contributed by atoms with Gasteiger partial charge in [0.1, 0.15) is 0 Å². The molecule has 0 amide bonds. The lowest BCUT2D eigenvalue weighted by Gasteiger charge is -2.32. The van der Waals surface area contributed by atoms with Crippen LogP contribution in [0.15, 0.2) is 103 Å². The van der Waals surface area contributed by atoms with Crippen molar-refractivity contribution in [1.82, 2.24) is 0 Å². The third kappa shape index (κ3) is 2.05. The fraction of sp³-hybridized carbons (Fsp3) is 0.0323. The van der Waals surface area contributed by atoms with Gasteiger partial charge in [-0.05, 0) is 45.0 Å². The van der Waals surface area contributed by atoms with Gasteiger partial charge in [-0.2, -0.15) is 0 Å².